The molecule has 140 valence electrons. The second-order valence-corrected chi connectivity index (χ2v) is 8.31. The van der Waals surface area contributed by atoms with Gasteiger partial charge in [-0.15, -0.1) is 11.3 Å². The summed E-state index contributed by atoms with van der Waals surface area (Å²) in [6.07, 6.45) is 2.59. The summed E-state index contributed by atoms with van der Waals surface area (Å²) in [7, 11) is 0. The number of amides is 1. The Morgan fingerprint density at radius 1 is 1.38 bits per heavy atom. The Bertz CT molecular complexity index is 764. The zero-order valence-corrected chi connectivity index (χ0v) is 16.6. The van der Waals surface area contributed by atoms with Gasteiger partial charge in [0.25, 0.3) is 5.91 Å². The first-order valence-electron chi connectivity index (χ1n) is 9.43. The van der Waals surface area contributed by atoms with Crippen molar-refractivity contribution in [3.05, 3.63) is 39.8 Å². The first kappa shape index (κ1) is 18.8. The van der Waals surface area contributed by atoms with Crippen molar-refractivity contribution in [3.8, 4) is 0 Å². The number of carbonyl (C=O) groups is 2. The maximum absolute atomic E-state index is 13.1. The molecule has 5 nitrogen and oxygen atoms in total. The zero-order chi connectivity index (χ0) is 18.7. The summed E-state index contributed by atoms with van der Waals surface area (Å²) in [5.74, 6) is 0.570. The van der Waals surface area contributed by atoms with E-state index in [1.807, 2.05) is 35.4 Å². The fourth-order valence-electron chi connectivity index (χ4n) is 3.56. The van der Waals surface area contributed by atoms with E-state index in [0.29, 0.717) is 31.2 Å². The molecule has 0 N–H and O–H groups in total. The molecule has 1 atom stereocenters. The number of likely N-dealkylation sites (tertiary alicyclic amines) is 1. The van der Waals surface area contributed by atoms with E-state index in [2.05, 4.69) is 18.9 Å². The summed E-state index contributed by atoms with van der Waals surface area (Å²) in [6, 6.07) is 5.70. The zero-order valence-electron chi connectivity index (χ0n) is 15.8. The van der Waals surface area contributed by atoms with Crippen molar-refractivity contribution in [1.29, 1.82) is 0 Å². The number of ketones is 1. The average Bonchev–Trinajstić information content (AvgIpc) is 3.29. The van der Waals surface area contributed by atoms with Crippen LogP contribution >= 0.6 is 11.3 Å². The summed E-state index contributed by atoms with van der Waals surface area (Å²) in [5, 5.41) is 6.51. The molecule has 0 bridgehead atoms. The molecule has 0 aliphatic carbocycles. The third kappa shape index (κ3) is 4.06. The Labute approximate surface area is 159 Å². The fourth-order valence-corrected chi connectivity index (χ4v) is 4.30. The summed E-state index contributed by atoms with van der Waals surface area (Å²) in [5.41, 5.74) is 1.61. The lowest BCUT2D eigenvalue weighted by Crippen LogP contribution is -2.43. The van der Waals surface area contributed by atoms with E-state index in [0.717, 1.165) is 29.8 Å². The van der Waals surface area contributed by atoms with Crippen LogP contribution in [-0.4, -0.2) is 39.5 Å². The quantitative estimate of drug-likeness (QED) is 0.722. The Hall–Kier alpha value is -1.95. The van der Waals surface area contributed by atoms with Crippen molar-refractivity contribution in [2.24, 2.45) is 11.8 Å². The number of Topliss-reactive ketones (excluding diaryl/α,β-unsaturated/α-hetero) is 1. The fraction of sp³-hybridized carbons (Fsp3) is 0.550. The molecule has 0 saturated carbocycles. The van der Waals surface area contributed by atoms with Crippen LogP contribution in [-0.2, 0) is 13.0 Å². The van der Waals surface area contributed by atoms with E-state index in [9.17, 15) is 9.59 Å². The van der Waals surface area contributed by atoms with Gasteiger partial charge in [-0.2, -0.15) is 5.10 Å². The molecule has 1 fully saturated rings. The Balaban J connectivity index is 1.75. The Morgan fingerprint density at radius 2 is 2.19 bits per heavy atom. The van der Waals surface area contributed by atoms with Gasteiger partial charge < -0.3 is 4.90 Å². The number of thiophene rings is 1. The number of hydrogen-bond donors (Lipinski definition) is 0. The lowest BCUT2D eigenvalue weighted by molar-refractivity contribution is 0.0628. The molecule has 26 heavy (non-hydrogen) atoms. The van der Waals surface area contributed by atoms with Crippen molar-refractivity contribution in [2.75, 3.05) is 13.1 Å². The molecular formula is C20H27N3O2S. The van der Waals surface area contributed by atoms with Gasteiger partial charge in [-0.05, 0) is 49.6 Å². The minimum absolute atomic E-state index is 0.00182. The van der Waals surface area contributed by atoms with E-state index in [-0.39, 0.29) is 17.6 Å². The summed E-state index contributed by atoms with van der Waals surface area (Å²) in [4.78, 5) is 28.4. The molecule has 1 unspecified atom stereocenters. The second kappa shape index (κ2) is 8.16. The van der Waals surface area contributed by atoms with Crippen LogP contribution in [0.2, 0.25) is 0 Å². The average molecular weight is 374 g/mol. The molecule has 0 spiro atoms. The largest absolute Gasteiger partial charge is 0.337 e. The van der Waals surface area contributed by atoms with Crippen molar-refractivity contribution in [3.63, 3.8) is 0 Å². The van der Waals surface area contributed by atoms with Crippen LogP contribution in [0, 0.1) is 11.8 Å². The van der Waals surface area contributed by atoms with Gasteiger partial charge in [0, 0.05) is 25.6 Å². The van der Waals surface area contributed by atoms with E-state index < -0.39 is 0 Å². The molecule has 2 aromatic rings. The van der Waals surface area contributed by atoms with Gasteiger partial charge in [-0.3, -0.25) is 14.3 Å². The highest BCUT2D eigenvalue weighted by Crippen LogP contribution is 2.24. The molecule has 0 aromatic carbocycles. The second-order valence-electron chi connectivity index (χ2n) is 7.37. The Morgan fingerprint density at radius 3 is 2.85 bits per heavy atom. The third-order valence-corrected chi connectivity index (χ3v) is 5.69. The van der Waals surface area contributed by atoms with E-state index in [1.54, 1.807) is 4.68 Å². The van der Waals surface area contributed by atoms with Crippen LogP contribution in [0.3, 0.4) is 0 Å². The minimum Gasteiger partial charge on any atom is -0.337 e. The number of carbonyl (C=O) groups excluding carboxylic acids is 2. The van der Waals surface area contributed by atoms with Gasteiger partial charge in [0.1, 0.15) is 5.69 Å². The van der Waals surface area contributed by atoms with Crippen molar-refractivity contribution < 1.29 is 9.59 Å². The highest BCUT2D eigenvalue weighted by atomic mass is 32.1. The van der Waals surface area contributed by atoms with Crippen LogP contribution in [0.15, 0.2) is 23.6 Å². The number of aryl methyl sites for hydroxylation is 1. The van der Waals surface area contributed by atoms with Gasteiger partial charge in [0.2, 0.25) is 0 Å². The standard InChI is InChI=1S/C20H27N3O2S/c1-4-23-17(12-16(21-23)11-14(2)3)20(25)22-9-5-7-15(13-22)19(24)18-8-6-10-26-18/h6,8,10,12,14-15H,4-5,7,9,11,13H2,1-3H3. The molecule has 1 aliphatic rings. The molecular weight excluding hydrogens is 346 g/mol. The maximum Gasteiger partial charge on any atom is 0.272 e. The van der Waals surface area contributed by atoms with Crippen LogP contribution in [0.5, 0.6) is 0 Å². The molecule has 3 heterocycles. The van der Waals surface area contributed by atoms with Gasteiger partial charge in [-0.1, -0.05) is 19.9 Å². The molecule has 0 radical (unpaired) electrons. The van der Waals surface area contributed by atoms with E-state index in [1.165, 1.54) is 11.3 Å². The monoisotopic (exact) mass is 373 g/mol. The van der Waals surface area contributed by atoms with Crippen LogP contribution in [0.4, 0.5) is 0 Å². The van der Waals surface area contributed by atoms with Gasteiger partial charge in [0.05, 0.1) is 10.6 Å². The molecule has 1 amide bonds. The third-order valence-electron chi connectivity index (χ3n) is 4.81. The van der Waals surface area contributed by atoms with Crippen molar-refractivity contribution in [1.82, 2.24) is 14.7 Å². The van der Waals surface area contributed by atoms with Crippen LogP contribution in [0.1, 0.15) is 59.5 Å². The molecule has 2 aromatic heterocycles. The smallest absolute Gasteiger partial charge is 0.272 e. The van der Waals surface area contributed by atoms with Gasteiger partial charge >= 0.3 is 0 Å². The SMILES string of the molecule is CCn1nc(CC(C)C)cc1C(=O)N1CCCC(C(=O)c2cccs2)C1. The van der Waals surface area contributed by atoms with Crippen LogP contribution in [0.25, 0.3) is 0 Å². The highest BCUT2D eigenvalue weighted by molar-refractivity contribution is 7.12. The van der Waals surface area contributed by atoms with Crippen LogP contribution < -0.4 is 0 Å². The Kier molecular flexibility index (Phi) is 5.91. The van der Waals surface area contributed by atoms with Gasteiger partial charge in [-0.25, -0.2) is 0 Å². The predicted molar refractivity (Wildman–Crippen MR) is 104 cm³/mol. The molecule has 1 aliphatic heterocycles. The number of aromatic nitrogens is 2. The first-order chi connectivity index (χ1) is 12.5. The number of nitrogens with zero attached hydrogens (tertiary/aromatic N) is 3. The van der Waals surface area contributed by atoms with E-state index >= 15 is 0 Å². The maximum atomic E-state index is 13.1. The molecule has 3 rings (SSSR count). The normalized spacial score (nSPS) is 17.7. The van der Waals surface area contributed by atoms with E-state index in [4.69, 9.17) is 0 Å². The summed E-state index contributed by atoms with van der Waals surface area (Å²) in [6.45, 7) is 8.19. The lowest BCUT2D eigenvalue weighted by Gasteiger charge is -2.31. The molecule has 6 heteroatoms. The number of hydrogen-bond acceptors (Lipinski definition) is 4. The minimum atomic E-state index is -0.0977. The van der Waals surface area contributed by atoms with Gasteiger partial charge in [0.15, 0.2) is 5.78 Å². The first-order valence-corrected chi connectivity index (χ1v) is 10.3. The topological polar surface area (TPSA) is 55.2 Å². The van der Waals surface area contributed by atoms with Crippen molar-refractivity contribution in [2.45, 2.75) is 46.6 Å². The summed E-state index contributed by atoms with van der Waals surface area (Å²) < 4.78 is 1.80. The number of piperidine rings is 1. The number of rotatable bonds is 6. The highest BCUT2D eigenvalue weighted by Gasteiger charge is 2.31. The predicted octanol–water partition coefficient (Wildman–Crippen LogP) is 3.90. The lowest BCUT2D eigenvalue weighted by atomic mass is 9.92. The molecule has 1 saturated heterocycles. The van der Waals surface area contributed by atoms with Crippen molar-refractivity contribution >= 4 is 23.0 Å². The summed E-state index contributed by atoms with van der Waals surface area (Å²) >= 11 is 1.48.